The Labute approximate surface area is 231 Å². The van der Waals surface area contributed by atoms with Crippen molar-refractivity contribution in [3.63, 3.8) is 0 Å². The SMILES string of the molecule is COCC1(C(=O)NCC2C=C(F)CC(C(F)(F)F)C2)CCC(C2CCCC/C=C\C3CCC=C[C@H]3[C@@H](C)C2)C1. The fraction of sp³-hybridized carbons (Fsp3) is 0.781. The van der Waals surface area contributed by atoms with E-state index in [0.717, 1.165) is 38.5 Å². The Kier molecular flexibility index (Phi) is 10.4. The molecule has 3 nitrogen and oxygen atoms in total. The molecule has 4 aliphatic rings. The number of fused-ring (bicyclic) bond motifs is 1. The summed E-state index contributed by atoms with van der Waals surface area (Å²) in [4.78, 5) is 13.6. The zero-order valence-corrected chi connectivity index (χ0v) is 23.7. The zero-order valence-electron chi connectivity index (χ0n) is 23.7. The van der Waals surface area contributed by atoms with Crippen LogP contribution in [0.25, 0.3) is 0 Å². The molecule has 6 unspecified atom stereocenters. The second-order valence-corrected chi connectivity index (χ2v) is 12.9. The lowest BCUT2D eigenvalue weighted by molar-refractivity contribution is -0.180. The number of ether oxygens (including phenoxy) is 1. The van der Waals surface area contributed by atoms with Crippen molar-refractivity contribution in [3.8, 4) is 0 Å². The highest BCUT2D eigenvalue weighted by Crippen LogP contribution is 2.49. The van der Waals surface area contributed by atoms with E-state index in [1.54, 1.807) is 7.11 Å². The summed E-state index contributed by atoms with van der Waals surface area (Å²) in [6.45, 7) is 2.72. The number of amides is 1. The molecule has 1 N–H and O–H groups in total. The van der Waals surface area contributed by atoms with Crippen LogP contribution in [0.1, 0.15) is 84.0 Å². The molecule has 0 aromatic heterocycles. The maximum atomic E-state index is 14.0. The molecule has 220 valence electrons. The number of carbonyl (C=O) groups is 1. The Morgan fingerprint density at radius 3 is 2.64 bits per heavy atom. The Balaban J connectivity index is 1.41. The van der Waals surface area contributed by atoms with Gasteiger partial charge < -0.3 is 10.1 Å². The molecule has 0 bridgehead atoms. The highest BCUT2D eigenvalue weighted by Gasteiger charge is 2.48. The van der Waals surface area contributed by atoms with Crippen molar-refractivity contribution in [2.75, 3.05) is 20.3 Å². The largest absolute Gasteiger partial charge is 0.392 e. The predicted octanol–water partition coefficient (Wildman–Crippen LogP) is 8.33. The number of rotatable bonds is 6. The minimum atomic E-state index is -4.43. The van der Waals surface area contributed by atoms with Gasteiger partial charge in [-0.05, 0) is 99.4 Å². The molecule has 0 aliphatic heterocycles. The lowest BCUT2D eigenvalue weighted by Gasteiger charge is -2.35. The monoisotopic (exact) mass is 553 g/mol. The number of hydrogen-bond donors (Lipinski definition) is 1. The normalized spacial score (nSPS) is 38.8. The number of carbonyl (C=O) groups excluding carboxylic acids is 1. The molecule has 7 heteroatoms. The van der Waals surface area contributed by atoms with E-state index in [0.29, 0.717) is 36.2 Å². The summed E-state index contributed by atoms with van der Waals surface area (Å²) in [6, 6.07) is 0. The molecule has 0 radical (unpaired) electrons. The van der Waals surface area contributed by atoms with Crippen LogP contribution in [0, 0.1) is 46.8 Å². The van der Waals surface area contributed by atoms with E-state index in [2.05, 4.69) is 36.5 Å². The Hall–Kier alpha value is -1.63. The van der Waals surface area contributed by atoms with Crippen LogP contribution in [0.15, 0.2) is 36.2 Å². The molecule has 39 heavy (non-hydrogen) atoms. The Bertz CT molecular complexity index is 912. The van der Waals surface area contributed by atoms with Gasteiger partial charge in [0.05, 0.1) is 23.8 Å². The molecule has 0 aromatic rings. The standard InChI is InChI=1S/C32H47F4NO2/c1-22-15-25(11-6-4-3-5-9-24-10-7-8-12-29(22)24)26-13-14-31(19-26,21-39-2)30(38)37-20-23-16-27(32(34,35)36)18-28(33)17-23/h5,8-9,12,17,22-27,29H,3-4,6-7,10-11,13-16,18-21H2,1-2H3,(H,37,38)/b9-5-/t22-,23?,24?,25?,26?,27?,29-,31?/m0/s1. The van der Waals surface area contributed by atoms with Crippen molar-refractivity contribution < 1.29 is 27.1 Å². The molecule has 4 aliphatic carbocycles. The molecule has 0 spiro atoms. The molecule has 1 amide bonds. The summed E-state index contributed by atoms with van der Waals surface area (Å²) in [5.74, 6) is -0.520. The predicted molar refractivity (Wildman–Crippen MR) is 146 cm³/mol. The van der Waals surface area contributed by atoms with Gasteiger partial charge in [-0.3, -0.25) is 4.79 Å². The van der Waals surface area contributed by atoms with Crippen LogP contribution in [-0.4, -0.2) is 32.3 Å². The van der Waals surface area contributed by atoms with Crippen molar-refractivity contribution in [2.24, 2.45) is 46.8 Å². The maximum absolute atomic E-state index is 14.0. The van der Waals surface area contributed by atoms with E-state index in [4.69, 9.17) is 4.74 Å². The first-order chi connectivity index (χ1) is 18.6. The van der Waals surface area contributed by atoms with Gasteiger partial charge in [0.2, 0.25) is 5.91 Å². The van der Waals surface area contributed by atoms with Crippen molar-refractivity contribution in [2.45, 2.75) is 90.1 Å². The molecule has 0 aromatic carbocycles. The number of alkyl halides is 3. The van der Waals surface area contributed by atoms with Gasteiger partial charge in [-0.15, -0.1) is 0 Å². The molecular weight excluding hydrogens is 506 g/mol. The third-order valence-corrected chi connectivity index (χ3v) is 10.1. The van der Waals surface area contributed by atoms with Gasteiger partial charge in [0, 0.05) is 20.1 Å². The maximum Gasteiger partial charge on any atom is 0.392 e. The van der Waals surface area contributed by atoms with Gasteiger partial charge >= 0.3 is 6.18 Å². The quantitative estimate of drug-likeness (QED) is 0.265. The van der Waals surface area contributed by atoms with E-state index in [1.165, 1.54) is 31.8 Å². The summed E-state index contributed by atoms with van der Waals surface area (Å²) in [7, 11) is 1.60. The number of halogens is 4. The minimum Gasteiger partial charge on any atom is -0.384 e. The lowest BCUT2D eigenvalue weighted by Crippen LogP contribution is -2.45. The van der Waals surface area contributed by atoms with Gasteiger partial charge in [0.25, 0.3) is 0 Å². The van der Waals surface area contributed by atoms with Crippen LogP contribution in [0.2, 0.25) is 0 Å². The van der Waals surface area contributed by atoms with Crippen LogP contribution in [0.3, 0.4) is 0 Å². The molecule has 8 atom stereocenters. The van der Waals surface area contributed by atoms with Crippen molar-refractivity contribution >= 4 is 5.91 Å². The average Bonchev–Trinajstić information content (AvgIpc) is 3.32. The lowest BCUT2D eigenvalue weighted by atomic mass is 9.71. The van der Waals surface area contributed by atoms with Gasteiger partial charge in [-0.2, -0.15) is 13.2 Å². The fourth-order valence-corrected chi connectivity index (χ4v) is 7.96. The van der Waals surface area contributed by atoms with Gasteiger partial charge in [0.15, 0.2) is 0 Å². The Morgan fingerprint density at radius 1 is 1.08 bits per heavy atom. The topological polar surface area (TPSA) is 38.3 Å². The Morgan fingerprint density at radius 2 is 1.87 bits per heavy atom. The number of methoxy groups -OCH3 is 1. The third-order valence-electron chi connectivity index (χ3n) is 10.1. The number of hydrogen-bond acceptors (Lipinski definition) is 2. The van der Waals surface area contributed by atoms with Gasteiger partial charge in [-0.1, -0.05) is 44.1 Å². The highest BCUT2D eigenvalue weighted by molar-refractivity contribution is 5.83. The number of nitrogens with one attached hydrogen (secondary N) is 1. The van der Waals surface area contributed by atoms with Crippen molar-refractivity contribution in [1.82, 2.24) is 5.32 Å². The van der Waals surface area contributed by atoms with Gasteiger partial charge in [0.1, 0.15) is 0 Å². The van der Waals surface area contributed by atoms with Crippen LogP contribution in [-0.2, 0) is 9.53 Å². The summed E-state index contributed by atoms with van der Waals surface area (Å²) in [5, 5.41) is 2.92. The second kappa shape index (κ2) is 13.4. The van der Waals surface area contributed by atoms with Crippen LogP contribution < -0.4 is 5.32 Å². The van der Waals surface area contributed by atoms with E-state index in [1.807, 2.05) is 0 Å². The molecule has 0 heterocycles. The fourth-order valence-electron chi connectivity index (χ4n) is 7.96. The molecular formula is C32H47F4NO2. The third kappa shape index (κ3) is 7.77. The van der Waals surface area contributed by atoms with Gasteiger partial charge in [-0.25, -0.2) is 4.39 Å². The van der Waals surface area contributed by atoms with Crippen molar-refractivity contribution in [3.05, 3.63) is 36.2 Å². The summed E-state index contributed by atoms with van der Waals surface area (Å²) in [5.41, 5.74) is -0.677. The first kappa shape index (κ1) is 30.3. The van der Waals surface area contributed by atoms with Crippen LogP contribution in [0.5, 0.6) is 0 Å². The summed E-state index contributed by atoms with van der Waals surface area (Å²) >= 11 is 0. The molecule has 1 saturated carbocycles. The zero-order chi connectivity index (χ0) is 28.0. The first-order valence-corrected chi connectivity index (χ1v) is 15.1. The molecule has 4 rings (SSSR count). The van der Waals surface area contributed by atoms with E-state index < -0.39 is 35.7 Å². The first-order valence-electron chi connectivity index (χ1n) is 15.1. The second-order valence-electron chi connectivity index (χ2n) is 12.9. The average molecular weight is 554 g/mol. The highest BCUT2D eigenvalue weighted by atomic mass is 19.4. The minimum absolute atomic E-state index is 0.0256. The van der Waals surface area contributed by atoms with E-state index in [9.17, 15) is 22.4 Å². The summed E-state index contributed by atoms with van der Waals surface area (Å²) < 4.78 is 59.3. The van der Waals surface area contributed by atoms with Crippen LogP contribution >= 0.6 is 0 Å². The molecule has 1 fully saturated rings. The van der Waals surface area contributed by atoms with Crippen molar-refractivity contribution in [1.29, 1.82) is 0 Å². The smallest absolute Gasteiger partial charge is 0.384 e. The van der Waals surface area contributed by atoms with E-state index >= 15 is 0 Å². The van der Waals surface area contributed by atoms with E-state index in [-0.39, 0.29) is 18.9 Å². The molecule has 0 saturated heterocycles. The van der Waals surface area contributed by atoms with Crippen LogP contribution in [0.4, 0.5) is 17.6 Å². The summed E-state index contributed by atoms with van der Waals surface area (Å²) in [6.07, 6.45) is 16.3. The number of allylic oxidation sites excluding steroid dienone is 5.